The summed E-state index contributed by atoms with van der Waals surface area (Å²) in [6, 6.07) is 17.1. The molecule has 0 fully saturated rings. The first kappa shape index (κ1) is 104. The van der Waals surface area contributed by atoms with E-state index in [0.717, 1.165) is 28.2 Å². The van der Waals surface area contributed by atoms with Crippen LogP contribution >= 0.6 is 37.9 Å². The maximum atomic E-state index is 13.8. The lowest BCUT2D eigenvalue weighted by Gasteiger charge is -2.40. The van der Waals surface area contributed by atoms with E-state index in [1.54, 1.807) is 60.5 Å². The zero-order valence-corrected chi connectivity index (χ0v) is 76.4. The summed E-state index contributed by atoms with van der Waals surface area (Å²) in [7, 11) is 10.1. The second kappa shape index (κ2) is 46.4. The van der Waals surface area contributed by atoms with Crippen molar-refractivity contribution in [2.24, 2.45) is 34.0 Å². The third kappa shape index (κ3) is 30.8. The van der Waals surface area contributed by atoms with Gasteiger partial charge in [-0.05, 0) is 129 Å². The van der Waals surface area contributed by atoms with E-state index in [2.05, 4.69) is 69.8 Å². The molecule has 0 aromatic heterocycles. The van der Waals surface area contributed by atoms with Gasteiger partial charge in [0.05, 0.1) is 56.1 Å². The largest absolute Gasteiger partial charge is 0.493 e. The molecule has 0 spiro atoms. The minimum absolute atomic E-state index is 0.0294. The fraction of sp³-hybridized carbons (Fsp3) is 0.621. The molecule has 6 amide bonds. The maximum Gasteiger partial charge on any atom is 0.331 e. The van der Waals surface area contributed by atoms with Crippen molar-refractivity contribution in [3.8, 4) is 17.2 Å². The number of carbonyl (C=O) groups is 9. The van der Waals surface area contributed by atoms with E-state index in [1.807, 2.05) is 218 Å². The average Bonchev–Trinajstić information content (AvgIpc) is 0.799. The molecule has 0 aliphatic rings. The summed E-state index contributed by atoms with van der Waals surface area (Å²) in [6.07, 6.45) is 4.78. The van der Waals surface area contributed by atoms with Crippen molar-refractivity contribution in [3.05, 3.63) is 124 Å². The molecule has 0 heterocycles. The summed E-state index contributed by atoms with van der Waals surface area (Å²) in [5, 5.41) is 46.5. The van der Waals surface area contributed by atoms with E-state index >= 15 is 0 Å². The number of carbonyl (C=O) groups excluding carboxylic acids is 6. The van der Waals surface area contributed by atoms with E-state index in [0.29, 0.717) is 42.8 Å². The average molecular weight is 1650 g/mol. The number of nitrogens with zero attached hydrogens (tertiary/aromatic N) is 3. The first-order chi connectivity index (χ1) is 52.4. The van der Waals surface area contributed by atoms with E-state index in [4.69, 9.17) is 14.2 Å². The van der Waals surface area contributed by atoms with Crippen LogP contribution < -0.4 is 46.1 Å². The van der Waals surface area contributed by atoms with Crippen LogP contribution in [0.15, 0.2) is 108 Å². The number of hydrogen-bond donors (Lipinski definition) is 12. The smallest absolute Gasteiger partial charge is 0.331 e. The number of amides is 6. The van der Waals surface area contributed by atoms with Crippen molar-refractivity contribution in [2.45, 2.75) is 237 Å². The SMILES string of the molecule is CN[C@H](C(=O)N[C@H](C(=O)N(C)[C@H](/C=C(\C)C(=O)O)C(C)C)C(C)(C)C)C(C)(C)c1ccc(OCCS)cc1.CN[C@H](C(=O)N[C@H](C(=O)N(C)[C@H](/C=C(\C)C(=O)O)C(C)C)C(C)(C)C)C(C)(C)c1ccc(OCCS)cc1.CN[C@H](C(=O)N[C@H](C(=O)N(C)[C@H](/C=C(\C)C(=O)O)C(C)C)C(C)(C)C)C(C)(C)c1cccc(OCCS)c1. The van der Waals surface area contributed by atoms with Gasteiger partial charge in [0.1, 0.15) is 35.4 Å². The first-order valence-corrected chi connectivity index (χ1v) is 40.9. The minimum Gasteiger partial charge on any atom is -0.493 e. The molecule has 0 bridgehead atoms. The molecule has 3 aromatic rings. The van der Waals surface area contributed by atoms with Gasteiger partial charge in [-0.25, -0.2) is 14.4 Å². The number of aliphatic carboxylic acids is 3. The summed E-state index contributed by atoms with van der Waals surface area (Å²) >= 11 is 12.5. The van der Waals surface area contributed by atoms with Gasteiger partial charge in [-0.1, -0.05) is 200 Å². The molecule has 642 valence electrons. The van der Waals surface area contributed by atoms with Gasteiger partial charge in [0.15, 0.2) is 0 Å². The highest BCUT2D eigenvalue weighted by atomic mass is 32.1. The lowest BCUT2D eigenvalue weighted by atomic mass is 9.76. The molecule has 9 atom stereocenters. The van der Waals surface area contributed by atoms with Gasteiger partial charge in [-0.3, -0.25) is 28.8 Å². The molecule has 0 saturated heterocycles. The molecule has 0 aliphatic carbocycles. The molecule has 0 radical (unpaired) electrons. The highest BCUT2D eigenvalue weighted by molar-refractivity contribution is 7.80. The standard InChI is InChI=1S/3C29H47N3O5S/c2*1-18(2)22(17-19(3)27(35)36)32(10)26(34)24(28(4,5)6)31-25(33)23(30-9)29(7,8)20-11-13-21(14-12-20)37-15-16-38;1-18(2)22(16-19(3)27(35)36)32(10)26(34)24(28(4,5)6)31-25(33)23(30-9)29(7,8)20-12-11-13-21(17-20)37-14-15-38/h2*11-14,17-18,22-24,30,38H,15-16H2,1-10H3,(H,31,33)(H,35,36);11-13,16-18,22-24,30,38H,14-15H2,1-10H3,(H,31,33)(H,35,36)/b2*19-17+;19-16+/t3*22-,23-,24-/m111/s1. The van der Waals surface area contributed by atoms with E-state index < -0.39 is 105 Å². The first-order valence-electron chi connectivity index (χ1n) is 39.0. The Morgan fingerprint density at radius 2 is 0.614 bits per heavy atom. The zero-order chi connectivity index (χ0) is 88.3. The van der Waals surface area contributed by atoms with Gasteiger partial charge < -0.3 is 76.1 Å². The van der Waals surface area contributed by atoms with Crippen LogP contribution in [0.25, 0.3) is 0 Å². The Kier molecular flexibility index (Phi) is 42.5. The van der Waals surface area contributed by atoms with E-state index in [-0.39, 0.29) is 69.9 Å². The summed E-state index contributed by atoms with van der Waals surface area (Å²) in [5.41, 5.74) is -0.366. The Morgan fingerprint density at radius 1 is 0.377 bits per heavy atom. The number of rotatable bonds is 39. The summed E-state index contributed by atoms with van der Waals surface area (Å²) < 4.78 is 17.0. The molecule has 3 rings (SSSR count). The second-order valence-corrected chi connectivity index (χ2v) is 36.4. The van der Waals surface area contributed by atoms with Crippen LogP contribution in [0.3, 0.4) is 0 Å². The number of likely N-dealkylation sites (N-methyl/N-ethyl adjacent to an activating group) is 6. The van der Waals surface area contributed by atoms with E-state index in [1.165, 1.54) is 35.5 Å². The number of ether oxygens (including phenoxy) is 3. The fourth-order valence-corrected chi connectivity index (χ4v) is 13.6. The molecule has 3 aromatic carbocycles. The molecule has 0 saturated carbocycles. The van der Waals surface area contributed by atoms with Crippen molar-refractivity contribution >= 4 is 91.2 Å². The molecule has 27 heteroatoms. The quantitative estimate of drug-likeness (QED) is 0.0186. The van der Waals surface area contributed by atoms with Gasteiger partial charge >= 0.3 is 17.9 Å². The maximum absolute atomic E-state index is 13.8. The monoisotopic (exact) mass is 1650 g/mol. The number of carboxylic acids is 3. The summed E-state index contributed by atoms with van der Waals surface area (Å²) in [6.45, 7) is 46.5. The van der Waals surface area contributed by atoms with Crippen molar-refractivity contribution in [3.63, 3.8) is 0 Å². The zero-order valence-electron chi connectivity index (χ0n) is 73.8. The highest BCUT2D eigenvalue weighted by Crippen LogP contribution is 2.35. The topological polar surface area (TPSA) is 324 Å². The van der Waals surface area contributed by atoms with Crippen molar-refractivity contribution in [2.75, 3.05) is 79.4 Å². The molecular weight excluding hydrogens is 1510 g/mol. The summed E-state index contributed by atoms with van der Waals surface area (Å²) in [4.78, 5) is 121. The van der Waals surface area contributed by atoms with Crippen LogP contribution in [-0.4, -0.2) is 217 Å². The molecule has 24 nitrogen and oxygen atoms in total. The third-order valence-corrected chi connectivity index (χ3v) is 21.1. The molecule has 0 unspecified atom stereocenters. The van der Waals surface area contributed by atoms with Gasteiger partial charge in [-0.15, -0.1) is 0 Å². The highest BCUT2D eigenvalue weighted by Gasteiger charge is 2.46. The minimum atomic E-state index is -1.03. The lowest BCUT2D eigenvalue weighted by Crippen LogP contribution is -2.61. The number of benzene rings is 3. The summed E-state index contributed by atoms with van der Waals surface area (Å²) in [5.74, 6) is -0.933. The van der Waals surface area contributed by atoms with Crippen LogP contribution in [0.1, 0.15) is 183 Å². The normalized spacial score (nSPS) is 15.0. The number of hydrogen-bond acceptors (Lipinski definition) is 18. The Morgan fingerprint density at radius 3 is 0.825 bits per heavy atom. The van der Waals surface area contributed by atoms with E-state index in [9.17, 15) is 58.5 Å². The van der Waals surface area contributed by atoms with Crippen molar-refractivity contribution < 1.29 is 72.7 Å². The predicted molar refractivity (Wildman–Crippen MR) is 468 cm³/mol. The fourth-order valence-electron chi connectivity index (χ4n) is 13.3. The Balaban J connectivity index is 0.000000855. The van der Waals surface area contributed by atoms with Gasteiger partial charge in [0.25, 0.3) is 0 Å². The van der Waals surface area contributed by atoms with Gasteiger partial charge in [0.2, 0.25) is 35.4 Å². The van der Waals surface area contributed by atoms with Crippen LogP contribution in [0, 0.1) is 34.0 Å². The van der Waals surface area contributed by atoms with Crippen LogP contribution in [0.2, 0.25) is 0 Å². The van der Waals surface area contributed by atoms with Crippen LogP contribution in [0.4, 0.5) is 0 Å². The van der Waals surface area contributed by atoms with Gasteiger partial charge in [-0.2, -0.15) is 37.9 Å². The van der Waals surface area contributed by atoms with Crippen LogP contribution in [-0.2, 0) is 59.4 Å². The Hall–Kier alpha value is -7.56. The van der Waals surface area contributed by atoms with Crippen molar-refractivity contribution in [1.82, 2.24) is 46.6 Å². The lowest BCUT2D eigenvalue weighted by molar-refractivity contribution is -0.141. The Labute approximate surface area is 698 Å². The van der Waals surface area contributed by atoms with Gasteiger partial charge in [0, 0.05) is 71.4 Å². The predicted octanol–water partition coefficient (Wildman–Crippen LogP) is 11.7. The van der Waals surface area contributed by atoms with Crippen LogP contribution in [0.5, 0.6) is 17.2 Å². The molecule has 9 N–H and O–H groups in total. The number of carboxylic acid groups (broad SMARTS) is 3. The molecular formula is C87H141N9O15S3. The second-order valence-electron chi connectivity index (χ2n) is 35.1. The molecule has 114 heavy (non-hydrogen) atoms. The molecule has 0 aliphatic heterocycles. The third-order valence-electron chi connectivity index (χ3n) is 20.6. The Bertz CT molecular complexity index is 3560. The van der Waals surface area contributed by atoms with Crippen molar-refractivity contribution in [1.29, 1.82) is 0 Å². The number of nitrogens with one attached hydrogen (secondary N) is 6. The number of thiol groups is 3.